The highest BCUT2D eigenvalue weighted by Gasteiger charge is 2.56. The molecule has 0 radical (unpaired) electrons. The highest BCUT2D eigenvalue weighted by molar-refractivity contribution is 5.98. The number of anilines is 2. The van der Waals surface area contributed by atoms with Crippen molar-refractivity contribution in [3.05, 3.63) is 18.2 Å². The van der Waals surface area contributed by atoms with Crippen molar-refractivity contribution in [3.8, 4) is 5.75 Å². The Morgan fingerprint density at radius 1 is 1.13 bits per heavy atom. The lowest BCUT2D eigenvalue weighted by molar-refractivity contribution is -0.160. The van der Waals surface area contributed by atoms with Crippen molar-refractivity contribution in [3.63, 3.8) is 0 Å². The third kappa shape index (κ3) is 3.53. The number of nitrogens with two attached hydrogens (primary N) is 1. The molecule has 1 saturated heterocycles. The Balaban J connectivity index is 0.00000218. The summed E-state index contributed by atoms with van der Waals surface area (Å²) in [7, 11) is 1.57. The predicted octanol–water partition coefficient (Wildman–Crippen LogP) is 3.85. The maximum atomic E-state index is 13.7. The number of carbonyl (C=O) groups is 2. The molecule has 3 N–H and O–H groups in total. The average Bonchev–Trinajstić information content (AvgIpc) is 3.16. The summed E-state index contributed by atoms with van der Waals surface area (Å²) in [6.07, 6.45) is 8.68. The molecular weight excluding hydrogens is 402 g/mol. The van der Waals surface area contributed by atoms with Crippen molar-refractivity contribution >= 4 is 35.6 Å². The van der Waals surface area contributed by atoms with Crippen LogP contribution in [-0.4, -0.2) is 36.4 Å². The Kier molecular flexibility index (Phi) is 5.64. The number of nitrogens with one attached hydrogen (secondary N) is 1. The summed E-state index contributed by atoms with van der Waals surface area (Å²) in [4.78, 5) is 28.7. The molecule has 1 aliphatic heterocycles. The summed E-state index contributed by atoms with van der Waals surface area (Å²) >= 11 is 0. The van der Waals surface area contributed by atoms with Crippen LogP contribution in [-0.2, 0) is 9.59 Å². The fraction of sp³-hybridized carbons (Fsp3) is 0.652. The van der Waals surface area contributed by atoms with E-state index in [2.05, 4.69) is 5.32 Å². The fourth-order valence-corrected chi connectivity index (χ4v) is 7.00. The maximum absolute atomic E-state index is 13.7. The van der Waals surface area contributed by atoms with Gasteiger partial charge in [0.05, 0.1) is 18.2 Å². The van der Waals surface area contributed by atoms with E-state index in [4.69, 9.17) is 10.5 Å². The third-order valence-electron chi connectivity index (χ3n) is 7.81. The first kappa shape index (κ1) is 21.3. The Bertz CT molecular complexity index is 808. The normalized spacial score (nSPS) is 33.8. The number of hydrogen-bond donors (Lipinski definition) is 2. The van der Waals surface area contributed by atoms with Gasteiger partial charge in [0.15, 0.2) is 0 Å². The Morgan fingerprint density at radius 3 is 2.33 bits per heavy atom. The number of hydrogen-bond acceptors (Lipinski definition) is 4. The van der Waals surface area contributed by atoms with E-state index in [9.17, 15) is 9.59 Å². The first-order chi connectivity index (χ1) is 14.0. The van der Waals surface area contributed by atoms with E-state index in [-0.39, 0.29) is 35.7 Å². The zero-order chi connectivity index (χ0) is 20.2. The highest BCUT2D eigenvalue weighted by Crippen LogP contribution is 2.60. The van der Waals surface area contributed by atoms with Crippen LogP contribution < -0.4 is 15.8 Å². The van der Waals surface area contributed by atoms with Gasteiger partial charge in [-0.05, 0) is 87.3 Å². The number of nitrogens with zero attached hydrogens (tertiary/aromatic N) is 1. The van der Waals surface area contributed by atoms with Gasteiger partial charge in [-0.25, -0.2) is 0 Å². The molecule has 4 aliphatic carbocycles. The second-order valence-electron chi connectivity index (χ2n) is 9.80. The van der Waals surface area contributed by atoms with Gasteiger partial charge in [0.1, 0.15) is 11.8 Å². The second-order valence-corrected chi connectivity index (χ2v) is 9.80. The molecule has 0 aromatic heterocycles. The lowest BCUT2D eigenvalue weighted by Crippen LogP contribution is -2.56. The monoisotopic (exact) mass is 433 g/mol. The fourth-order valence-electron chi connectivity index (χ4n) is 7.00. The maximum Gasteiger partial charge on any atom is 0.247 e. The number of methoxy groups -OCH3 is 1. The van der Waals surface area contributed by atoms with Gasteiger partial charge in [0.2, 0.25) is 11.8 Å². The molecule has 7 heteroatoms. The lowest BCUT2D eigenvalue weighted by atomic mass is 9.49. The van der Waals surface area contributed by atoms with E-state index in [1.54, 1.807) is 25.3 Å². The molecular formula is C23H32ClN3O3. The van der Waals surface area contributed by atoms with Gasteiger partial charge in [-0.1, -0.05) is 0 Å². The summed E-state index contributed by atoms with van der Waals surface area (Å²) < 4.78 is 5.18. The van der Waals surface area contributed by atoms with Gasteiger partial charge in [0.25, 0.3) is 0 Å². The van der Waals surface area contributed by atoms with Gasteiger partial charge >= 0.3 is 0 Å². The molecule has 2 amide bonds. The van der Waals surface area contributed by atoms with Crippen molar-refractivity contribution in [2.24, 2.45) is 23.2 Å². The van der Waals surface area contributed by atoms with Gasteiger partial charge in [-0.2, -0.15) is 0 Å². The summed E-state index contributed by atoms with van der Waals surface area (Å²) in [5, 5.41) is 2.97. The van der Waals surface area contributed by atoms with Crippen molar-refractivity contribution in [1.29, 1.82) is 0 Å². The summed E-state index contributed by atoms with van der Waals surface area (Å²) in [6.45, 7) is 0.698. The molecule has 4 saturated carbocycles. The van der Waals surface area contributed by atoms with Gasteiger partial charge in [0, 0.05) is 12.2 Å². The van der Waals surface area contributed by atoms with Crippen LogP contribution in [0.2, 0.25) is 0 Å². The molecule has 4 bridgehead atoms. The smallest absolute Gasteiger partial charge is 0.247 e. The largest absolute Gasteiger partial charge is 0.495 e. The molecule has 1 unspecified atom stereocenters. The predicted molar refractivity (Wildman–Crippen MR) is 119 cm³/mol. The molecule has 5 fully saturated rings. The molecule has 5 aliphatic rings. The first-order valence-corrected chi connectivity index (χ1v) is 11.0. The molecule has 6 nitrogen and oxygen atoms in total. The molecule has 6 rings (SSSR count). The lowest BCUT2D eigenvalue weighted by Gasteiger charge is -2.56. The molecule has 1 heterocycles. The minimum absolute atomic E-state index is 0. The number of carbonyl (C=O) groups excluding carboxylic acids is 2. The number of nitrogen functional groups attached to an aromatic ring is 1. The quantitative estimate of drug-likeness (QED) is 0.706. The number of ether oxygens (including phenoxy) is 1. The minimum atomic E-state index is -0.376. The topological polar surface area (TPSA) is 84.7 Å². The molecule has 1 aromatic carbocycles. The van der Waals surface area contributed by atoms with E-state index in [1.165, 1.54) is 19.3 Å². The van der Waals surface area contributed by atoms with Crippen LogP contribution >= 0.6 is 12.4 Å². The Morgan fingerprint density at radius 2 is 1.77 bits per heavy atom. The van der Waals surface area contributed by atoms with Gasteiger partial charge < -0.3 is 20.7 Å². The zero-order valence-electron chi connectivity index (χ0n) is 17.6. The average molecular weight is 434 g/mol. The number of likely N-dealkylation sites (tertiary alicyclic amines) is 1. The zero-order valence-corrected chi connectivity index (χ0v) is 18.4. The van der Waals surface area contributed by atoms with Crippen LogP contribution in [0.4, 0.5) is 11.4 Å². The Labute approximate surface area is 184 Å². The SMILES string of the molecule is COc1ccc(NC(=O)C2CCCN2C(=O)C23CC4CC(CC(C4)C2)C3)cc1N.Cl. The van der Waals surface area contributed by atoms with E-state index in [0.29, 0.717) is 23.7 Å². The number of rotatable bonds is 4. The molecule has 0 spiro atoms. The van der Waals surface area contributed by atoms with Crippen LogP contribution in [0.25, 0.3) is 0 Å². The van der Waals surface area contributed by atoms with Crippen molar-refractivity contribution in [2.45, 2.75) is 57.4 Å². The van der Waals surface area contributed by atoms with Crippen LogP contribution in [0.3, 0.4) is 0 Å². The van der Waals surface area contributed by atoms with Crippen LogP contribution in [0.5, 0.6) is 5.75 Å². The molecule has 164 valence electrons. The minimum Gasteiger partial charge on any atom is -0.495 e. The Hall–Kier alpha value is -1.95. The molecule has 1 atom stereocenters. The standard InChI is InChI=1S/C23H31N3O3.ClH/c1-29-20-5-4-17(10-18(20)24)25-21(27)19-3-2-6-26(19)22(28)23-11-14-7-15(12-23)9-16(8-14)13-23;/h4-5,10,14-16,19H,2-3,6-9,11-13,24H2,1H3,(H,25,27);1H. The van der Waals surface area contributed by atoms with Crippen LogP contribution in [0.15, 0.2) is 18.2 Å². The van der Waals surface area contributed by atoms with E-state index in [1.807, 2.05) is 4.90 Å². The molecule has 1 aromatic rings. The summed E-state index contributed by atoms with van der Waals surface area (Å²) in [6, 6.07) is 4.86. The van der Waals surface area contributed by atoms with Crippen molar-refractivity contribution in [2.75, 3.05) is 24.7 Å². The summed E-state index contributed by atoms with van der Waals surface area (Å²) in [5.74, 6) is 2.91. The highest BCUT2D eigenvalue weighted by atomic mass is 35.5. The second kappa shape index (κ2) is 7.95. The first-order valence-electron chi connectivity index (χ1n) is 11.0. The van der Waals surface area contributed by atoms with Gasteiger partial charge in [-0.3, -0.25) is 9.59 Å². The van der Waals surface area contributed by atoms with Crippen molar-refractivity contribution in [1.82, 2.24) is 4.90 Å². The van der Waals surface area contributed by atoms with Crippen LogP contribution in [0, 0.1) is 23.2 Å². The van der Waals surface area contributed by atoms with Crippen LogP contribution in [0.1, 0.15) is 51.4 Å². The van der Waals surface area contributed by atoms with Gasteiger partial charge in [-0.15, -0.1) is 12.4 Å². The number of benzene rings is 1. The third-order valence-corrected chi connectivity index (χ3v) is 7.81. The van der Waals surface area contributed by atoms with Crippen molar-refractivity contribution < 1.29 is 14.3 Å². The number of halogens is 1. The van der Waals surface area contributed by atoms with E-state index >= 15 is 0 Å². The molecule has 30 heavy (non-hydrogen) atoms. The van der Waals surface area contributed by atoms with E-state index < -0.39 is 0 Å². The number of amides is 2. The van der Waals surface area contributed by atoms with E-state index in [0.717, 1.165) is 49.9 Å². The summed E-state index contributed by atoms with van der Waals surface area (Å²) in [5.41, 5.74) is 6.90.